The largest absolute Gasteiger partial charge is 0.462 e. The third kappa shape index (κ3) is 62.1. The van der Waals surface area contributed by atoms with Crippen molar-refractivity contribution in [1.82, 2.24) is 0 Å². The molecule has 6 nitrogen and oxygen atoms in total. The molecule has 6 heteroatoms. The van der Waals surface area contributed by atoms with E-state index in [2.05, 4.69) is 69.4 Å². The van der Waals surface area contributed by atoms with E-state index in [-0.39, 0.29) is 31.1 Å². The standard InChI is InChI=1S/C69H126O6/c1-4-7-10-13-15-17-19-21-23-25-27-29-30-31-32-33-34-35-36-37-38-40-41-43-45-47-49-51-53-56-59-62-68(71)74-65-66(64-73-67(70)61-58-55-12-9-6-3)75-69(72)63-60-57-54-52-50-48-46-44-42-39-28-26-24-22-20-18-16-14-11-8-5-2/h19,21,25-28,30-31,66H,4-18,20,22-24,29,32-65H2,1-3H3/b21-19-,27-25-,28-26-,31-30-. The highest BCUT2D eigenvalue weighted by molar-refractivity contribution is 5.71. The summed E-state index contributed by atoms with van der Waals surface area (Å²) in [4.78, 5) is 37.9. The van der Waals surface area contributed by atoms with Gasteiger partial charge < -0.3 is 14.2 Å². The summed E-state index contributed by atoms with van der Waals surface area (Å²) in [5.41, 5.74) is 0. The molecule has 0 saturated heterocycles. The maximum atomic E-state index is 12.8. The van der Waals surface area contributed by atoms with Crippen molar-refractivity contribution in [3.05, 3.63) is 48.6 Å². The smallest absolute Gasteiger partial charge is 0.306 e. The molecule has 438 valence electrons. The Balaban J connectivity index is 3.96. The van der Waals surface area contributed by atoms with Gasteiger partial charge in [-0.05, 0) is 83.5 Å². The third-order valence-electron chi connectivity index (χ3n) is 14.8. The molecular weight excluding hydrogens is 925 g/mol. The molecule has 75 heavy (non-hydrogen) atoms. The molecule has 0 aromatic heterocycles. The van der Waals surface area contributed by atoms with Crippen molar-refractivity contribution >= 4 is 17.9 Å². The first-order chi connectivity index (χ1) is 37.0. The van der Waals surface area contributed by atoms with Gasteiger partial charge in [-0.3, -0.25) is 14.4 Å². The number of unbranched alkanes of at least 4 members (excludes halogenated alkanes) is 42. The first kappa shape index (κ1) is 72.4. The lowest BCUT2D eigenvalue weighted by atomic mass is 10.0. The van der Waals surface area contributed by atoms with Crippen molar-refractivity contribution in [2.45, 2.75) is 361 Å². The Morgan fingerprint density at radius 2 is 0.480 bits per heavy atom. The van der Waals surface area contributed by atoms with Crippen molar-refractivity contribution in [3.8, 4) is 0 Å². The van der Waals surface area contributed by atoms with Crippen LogP contribution in [0.25, 0.3) is 0 Å². The normalized spacial score (nSPS) is 12.3. The Hall–Kier alpha value is -2.63. The Bertz CT molecular complexity index is 1300. The second kappa shape index (κ2) is 63.9. The number of hydrogen-bond acceptors (Lipinski definition) is 6. The number of carbonyl (C=O) groups excluding carboxylic acids is 3. The zero-order valence-corrected chi connectivity index (χ0v) is 50.3. The van der Waals surface area contributed by atoms with Crippen LogP contribution >= 0.6 is 0 Å². The van der Waals surface area contributed by atoms with Crippen LogP contribution in [0.2, 0.25) is 0 Å². The summed E-state index contributed by atoms with van der Waals surface area (Å²) in [6.07, 6.45) is 80.4. The molecule has 0 aromatic rings. The average molecular weight is 1050 g/mol. The molecule has 0 fully saturated rings. The van der Waals surface area contributed by atoms with Crippen LogP contribution in [0.3, 0.4) is 0 Å². The number of esters is 3. The zero-order chi connectivity index (χ0) is 54.3. The van der Waals surface area contributed by atoms with Gasteiger partial charge in [0, 0.05) is 19.3 Å². The molecule has 0 aliphatic rings. The van der Waals surface area contributed by atoms with E-state index in [1.54, 1.807) is 0 Å². The molecule has 0 bridgehead atoms. The van der Waals surface area contributed by atoms with Crippen LogP contribution in [0.5, 0.6) is 0 Å². The third-order valence-corrected chi connectivity index (χ3v) is 14.8. The molecule has 0 aliphatic heterocycles. The summed E-state index contributed by atoms with van der Waals surface area (Å²) < 4.78 is 16.8. The van der Waals surface area contributed by atoms with Gasteiger partial charge in [-0.1, -0.05) is 301 Å². The van der Waals surface area contributed by atoms with E-state index in [0.717, 1.165) is 77.0 Å². The lowest BCUT2D eigenvalue weighted by Crippen LogP contribution is -2.30. The van der Waals surface area contributed by atoms with Gasteiger partial charge in [0.25, 0.3) is 0 Å². The molecule has 0 rings (SSSR count). The van der Waals surface area contributed by atoms with Crippen molar-refractivity contribution in [2.75, 3.05) is 13.2 Å². The maximum absolute atomic E-state index is 12.8. The van der Waals surface area contributed by atoms with Crippen LogP contribution in [0.15, 0.2) is 48.6 Å². The number of rotatable bonds is 61. The minimum absolute atomic E-state index is 0.0707. The van der Waals surface area contributed by atoms with Gasteiger partial charge in [0.2, 0.25) is 0 Å². The van der Waals surface area contributed by atoms with Gasteiger partial charge in [-0.25, -0.2) is 0 Å². The minimum atomic E-state index is -0.769. The minimum Gasteiger partial charge on any atom is -0.462 e. The van der Waals surface area contributed by atoms with E-state index in [1.807, 2.05) is 0 Å². The van der Waals surface area contributed by atoms with Crippen LogP contribution in [0.4, 0.5) is 0 Å². The molecular formula is C69H126O6. The Morgan fingerprint density at radius 1 is 0.267 bits per heavy atom. The Kier molecular flexibility index (Phi) is 61.7. The highest BCUT2D eigenvalue weighted by Crippen LogP contribution is 2.17. The average Bonchev–Trinajstić information content (AvgIpc) is 3.41. The molecule has 1 unspecified atom stereocenters. The van der Waals surface area contributed by atoms with Crippen LogP contribution in [0, 0.1) is 0 Å². The summed E-state index contributed by atoms with van der Waals surface area (Å²) in [7, 11) is 0. The molecule has 0 amide bonds. The number of ether oxygens (including phenoxy) is 3. The van der Waals surface area contributed by atoms with E-state index >= 15 is 0 Å². The first-order valence-corrected chi connectivity index (χ1v) is 33.1. The molecule has 0 spiro atoms. The van der Waals surface area contributed by atoms with E-state index in [1.165, 1.54) is 238 Å². The van der Waals surface area contributed by atoms with Gasteiger partial charge in [-0.2, -0.15) is 0 Å². The summed E-state index contributed by atoms with van der Waals surface area (Å²) in [6.45, 7) is 6.59. The van der Waals surface area contributed by atoms with Gasteiger partial charge in [0.15, 0.2) is 6.10 Å². The zero-order valence-electron chi connectivity index (χ0n) is 50.3. The predicted molar refractivity (Wildman–Crippen MR) is 325 cm³/mol. The molecule has 0 aliphatic carbocycles. The monoisotopic (exact) mass is 1050 g/mol. The Labute approximate surface area is 467 Å². The summed E-state index contributed by atoms with van der Waals surface area (Å²) in [5, 5.41) is 0. The van der Waals surface area contributed by atoms with Gasteiger partial charge in [0.05, 0.1) is 0 Å². The lowest BCUT2D eigenvalue weighted by Gasteiger charge is -2.18. The topological polar surface area (TPSA) is 78.9 Å². The highest BCUT2D eigenvalue weighted by Gasteiger charge is 2.19. The first-order valence-electron chi connectivity index (χ1n) is 33.1. The second-order valence-electron chi connectivity index (χ2n) is 22.4. The van der Waals surface area contributed by atoms with E-state index < -0.39 is 6.10 Å². The molecule has 0 N–H and O–H groups in total. The van der Waals surface area contributed by atoms with E-state index in [9.17, 15) is 14.4 Å². The highest BCUT2D eigenvalue weighted by atomic mass is 16.6. The molecule has 0 radical (unpaired) electrons. The lowest BCUT2D eigenvalue weighted by molar-refractivity contribution is -0.167. The summed E-state index contributed by atoms with van der Waals surface area (Å²) in [5.74, 6) is -0.869. The summed E-state index contributed by atoms with van der Waals surface area (Å²) in [6, 6.07) is 0. The van der Waals surface area contributed by atoms with Crippen molar-refractivity contribution in [2.24, 2.45) is 0 Å². The molecule has 0 heterocycles. The summed E-state index contributed by atoms with van der Waals surface area (Å²) >= 11 is 0. The Morgan fingerprint density at radius 3 is 0.760 bits per heavy atom. The van der Waals surface area contributed by atoms with Crippen LogP contribution < -0.4 is 0 Å². The van der Waals surface area contributed by atoms with Crippen LogP contribution in [-0.4, -0.2) is 37.2 Å². The fraction of sp³-hybridized carbons (Fsp3) is 0.841. The quantitative estimate of drug-likeness (QED) is 0.0261. The van der Waals surface area contributed by atoms with Crippen molar-refractivity contribution < 1.29 is 28.6 Å². The SMILES string of the molecule is CCCCCCC/C=C\C/C=C\C/C=C\CCCCCCCCCCCCCCCCCCC(=O)OCC(COC(=O)CCCCCCC)OC(=O)CCCCCCCCCCC/C=C\CCCCCCCCCC. The number of carbonyl (C=O) groups is 3. The number of hydrogen-bond donors (Lipinski definition) is 0. The molecule has 0 saturated carbocycles. The van der Waals surface area contributed by atoms with Crippen LogP contribution in [-0.2, 0) is 28.6 Å². The fourth-order valence-corrected chi connectivity index (χ4v) is 9.80. The van der Waals surface area contributed by atoms with Gasteiger partial charge in [0.1, 0.15) is 13.2 Å². The molecule has 1 atom stereocenters. The predicted octanol–water partition coefficient (Wildman–Crippen LogP) is 22.6. The van der Waals surface area contributed by atoms with Crippen molar-refractivity contribution in [3.63, 3.8) is 0 Å². The molecule has 0 aromatic carbocycles. The van der Waals surface area contributed by atoms with Gasteiger partial charge in [-0.15, -0.1) is 0 Å². The van der Waals surface area contributed by atoms with Crippen molar-refractivity contribution in [1.29, 1.82) is 0 Å². The van der Waals surface area contributed by atoms with Gasteiger partial charge >= 0.3 is 17.9 Å². The maximum Gasteiger partial charge on any atom is 0.306 e. The second-order valence-corrected chi connectivity index (χ2v) is 22.4. The van der Waals surface area contributed by atoms with E-state index in [4.69, 9.17) is 14.2 Å². The van der Waals surface area contributed by atoms with E-state index in [0.29, 0.717) is 19.3 Å². The number of allylic oxidation sites excluding steroid dienone is 8. The fourth-order valence-electron chi connectivity index (χ4n) is 9.80. The van der Waals surface area contributed by atoms with Crippen LogP contribution in [0.1, 0.15) is 355 Å².